The molecule has 0 aromatic heterocycles. The van der Waals surface area contributed by atoms with Gasteiger partial charge in [0.1, 0.15) is 0 Å². The summed E-state index contributed by atoms with van der Waals surface area (Å²) in [5.41, 5.74) is 7.22. The van der Waals surface area contributed by atoms with Crippen molar-refractivity contribution in [1.82, 2.24) is 5.32 Å². The molecule has 15 heavy (non-hydrogen) atoms. The van der Waals surface area contributed by atoms with Crippen molar-refractivity contribution in [1.29, 1.82) is 0 Å². The van der Waals surface area contributed by atoms with Gasteiger partial charge in [0.2, 0.25) is 5.91 Å². The van der Waals surface area contributed by atoms with Crippen molar-refractivity contribution in [2.24, 2.45) is 5.73 Å². The molecule has 0 aliphatic carbocycles. The van der Waals surface area contributed by atoms with Crippen molar-refractivity contribution in [3.05, 3.63) is 24.3 Å². The van der Waals surface area contributed by atoms with Crippen LogP contribution in [0.4, 0.5) is 11.4 Å². The van der Waals surface area contributed by atoms with Gasteiger partial charge in [-0.2, -0.15) is 0 Å². The molecule has 0 fully saturated rings. The number of nitrogens with zero attached hydrogens (tertiary/aromatic N) is 1. The van der Waals surface area contributed by atoms with Crippen molar-refractivity contribution < 1.29 is 4.79 Å². The number of anilines is 2. The summed E-state index contributed by atoms with van der Waals surface area (Å²) < 4.78 is 0. The van der Waals surface area contributed by atoms with Crippen LogP contribution in [-0.4, -0.2) is 25.8 Å². The molecule has 0 spiro atoms. The lowest BCUT2D eigenvalue weighted by Gasteiger charge is -2.24. The highest BCUT2D eigenvalue weighted by molar-refractivity contribution is 5.84. The number of hydrogen-bond donors (Lipinski definition) is 3. The molecule has 0 radical (unpaired) electrons. The zero-order valence-electron chi connectivity index (χ0n) is 8.53. The fourth-order valence-corrected chi connectivity index (χ4v) is 1.78. The molecule has 5 nitrogen and oxygen atoms in total. The van der Waals surface area contributed by atoms with E-state index in [1.165, 1.54) is 0 Å². The molecular weight excluding hydrogens is 192 g/mol. The third kappa shape index (κ3) is 1.73. The highest BCUT2D eigenvalue weighted by Gasteiger charge is 2.27. The summed E-state index contributed by atoms with van der Waals surface area (Å²) in [6.07, 6.45) is -0.0742. The first-order valence-corrected chi connectivity index (χ1v) is 4.80. The summed E-state index contributed by atoms with van der Waals surface area (Å²) >= 11 is 0. The van der Waals surface area contributed by atoms with E-state index in [9.17, 15) is 4.79 Å². The lowest BCUT2D eigenvalue weighted by atomic mass is 10.2. The Morgan fingerprint density at radius 3 is 3.00 bits per heavy atom. The first-order valence-electron chi connectivity index (χ1n) is 4.80. The molecule has 1 unspecified atom stereocenters. The van der Waals surface area contributed by atoms with Crippen molar-refractivity contribution in [3.8, 4) is 0 Å². The molecule has 1 aromatic carbocycles. The zero-order valence-corrected chi connectivity index (χ0v) is 8.53. The Labute approximate surface area is 88.2 Å². The maximum Gasteiger partial charge on any atom is 0.237 e. The van der Waals surface area contributed by atoms with E-state index in [1.807, 2.05) is 36.2 Å². The molecule has 80 valence electrons. The molecule has 1 amide bonds. The molecular formula is C10H14N4O. The number of primary amides is 1. The summed E-state index contributed by atoms with van der Waals surface area (Å²) in [5, 5.41) is 6.32. The lowest BCUT2D eigenvalue weighted by Crippen LogP contribution is -2.48. The number of para-hydroxylation sites is 2. The van der Waals surface area contributed by atoms with Crippen LogP contribution in [0.3, 0.4) is 0 Å². The van der Waals surface area contributed by atoms with Crippen LogP contribution in [0.15, 0.2) is 24.3 Å². The third-order valence-electron chi connectivity index (χ3n) is 2.42. The molecule has 1 aliphatic heterocycles. The Morgan fingerprint density at radius 1 is 1.60 bits per heavy atom. The van der Waals surface area contributed by atoms with Crippen molar-refractivity contribution >= 4 is 17.3 Å². The van der Waals surface area contributed by atoms with Gasteiger partial charge in [-0.3, -0.25) is 10.1 Å². The second-order valence-electron chi connectivity index (χ2n) is 3.45. The van der Waals surface area contributed by atoms with Gasteiger partial charge in [-0.25, -0.2) is 0 Å². The fraction of sp³-hybridized carbons (Fsp3) is 0.300. The Bertz CT molecular complexity index is 379. The Kier molecular flexibility index (Phi) is 2.47. The number of hydrogen-bond acceptors (Lipinski definition) is 4. The standard InChI is InChI=1S/C10H14N4O/c1-12-10-13-7-4-2-3-5-8(7)14(10)6-9(11)15/h2-5,10,12-13H,6H2,1H3,(H2,11,15). The Morgan fingerprint density at radius 2 is 2.33 bits per heavy atom. The number of carbonyl (C=O) groups is 1. The van der Waals surface area contributed by atoms with E-state index in [0.717, 1.165) is 11.4 Å². The minimum atomic E-state index is -0.339. The maximum atomic E-state index is 11.0. The van der Waals surface area contributed by atoms with Gasteiger partial charge in [-0.05, 0) is 19.2 Å². The number of fused-ring (bicyclic) bond motifs is 1. The number of carbonyl (C=O) groups excluding carboxylic acids is 1. The van der Waals surface area contributed by atoms with Crippen LogP contribution in [0.2, 0.25) is 0 Å². The number of amides is 1. The zero-order chi connectivity index (χ0) is 10.8. The monoisotopic (exact) mass is 206 g/mol. The molecule has 1 heterocycles. The van der Waals surface area contributed by atoms with Crippen molar-refractivity contribution in [2.75, 3.05) is 23.8 Å². The van der Waals surface area contributed by atoms with E-state index in [2.05, 4.69) is 10.6 Å². The molecule has 4 N–H and O–H groups in total. The summed E-state index contributed by atoms with van der Waals surface area (Å²) in [4.78, 5) is 12.9. The van der Waals surface area contributed by atoms with E-state index in [4.69, 9.17) is 5.73 Å². The van der Waals surface area contributed by atoms with Crippen molar-refractivity contribution in [2.45, 2.75) is 6.29 Å². The van der Waals surface area contributed by atoms with E-state index < -0.39 is 0 Å². The summed E-state index contributed by atoms with van der Waals surface area (Å²) in [6.45, 7) is 0.204. The van der Waals surface area contributed by atoms with Crippen LogP contribution in [-0.2, 0) is 4.79 Å². The van der Waals surface area contributed by atoms with Gasteiger partial charge in [-0.1, -0.05) is 12.1 Å². The number of rotatable bonds is 3. The quantitative estimate of drug-likeness (QED) is 0.646. The first-order chi connectivity index (χ1) is 7.22. The molecule has 1 aliphatic rings. The number of nitrogens with one attached hydrogen (secondary N) is 2. The van der Waals surface area contributed by atoms with E-state index in [0.29, 0.717) is 0 Å². The van der Waals surface area contributed by atoms with Gasteiger partial charge in [0.15, 0.2) is 6.29 Å². The third-order valence-corrected chi connectivity index (χ3v) is 2.42. The van der Waals surface area contributed by atoms with Gasteiger partial charge in [0.25, 0.3) is 0 Å². The molecule has 0 bridgehead atoms. The second kappa shape index (κ2) is 3.78. The summed E-state index contributed by atoms with van der Waals surface area (Å²) in [7, 11) is 1.83. The minimum Gasteiger partial charge on any atom is -0.368 e. The van der Waals surface area contributed by atoms with Gasteiger partial charge in [0.05, 0.1) is 17.9 Å². The van der Waals surface area contributed by atoms with Crippen LogP contribution in [0.5, 0.6) is 0 Å². The molecule has 1 aromatic rings. The van der Waals surface area contributed by atoms with E-state index in [-0.39, 0.29) is 18.7 Å². The largest absolute Gasteiger partial charge is 0.368 e. The lowest BCUT2D eigenvalue weighted by molar-refractivity contribution is -0.116. The van der Waals surface area contributed by atoms with Crippen LogP contribution in [0.25, 0.3) is 0 Å². The number of nitrogens with two attached hydrogens (primary N) is 1. The molecule has 1 atom stereocenters. The van der Waals surface area contributed by atoms with Crippen LogP contribution < -0.4 is 21.3 Å². The SMILES string of the molecule is CNC1Nc2ccccc2N1CC(N)=O. The van der Waals surface area contributed by atoms with Crippen LogP contribution >= 0.6 is 0 Å². The normalized spacial score (nSPS) is 18.5. The highest BCUT2D eigenvalue weighted by Crippen LogP contribution is 2.32. The van der Waals surface area contributed by atoms with Gasteiger partial charge >= 0.3 is 0 Å². The number of benzene rings is 1. The minimum absolute atomic E-state index is 0.0742. The predicted molar refractivity (Wildman–Crippen MR) is 59.5 cm³/mol. The Balaban J connectivity index is 2.29. The highest BCUT2D eigenvalue weighted by atomic mass is 16.1. The van der Waals surface area contributed by atoms with Crippen LogP contribution in [0, 0.1) is 0 Å². The molecule has 0 saturated carbocycles. The van der Waals surface area contributed by atoms with Crippen LogP contribution in [0.1, 0.15) is 0 Å². The molecule has 0 saturated heterocycles. The maximum absolute atomic E-state index is 11.0. The Hall–Kier alpha value is -1.75. The topological polar surface area (TPSA) is 70.4 Å². The van der Waals surface area contributed by atoms with Gasteiger partial charge in [0, 0.05) is 0 Å². The smallest absolute Gasteiger partial charge is 0.237 e. The summed E-state index contributed by atoms with van der Waals surface area (Å²) in [6, 6.07) is 7.82. The second-order valence-corrected chi connectivity index (χ2v) is 3.45. The average molecular weight is 206 g/mol. The van der Waals surface area contributed by atoms with Gasteiger partial charge < -0.3 is 16.0 Å². The summed E-state index contributed by atoms with van der Waals surface area (Å²) in [5.74, 6) is -0.339. The molecule has 5 heteroatoms. The van der Waals surface area contributed by atoms with Crippen molar-refractivity contribution in [3.63, 3.8) is 0 Å². The first kappa shape index (κ1) is 9.79. The molecule has 2 rings (SSSR count). The van der Waals surface area contributed by atoms with E-state index in [1.54, 1.807) is 0 Å². The predicted octanol–water partition coefficient (Wildman–Crippen LogP) is -0.0932. The van der Waals surface area contributed by atoms with Gasteiger partial charge in [-0.15, -0.1) is 0 Å². The average Bonchev–Trinajstić information content (AvgIpc) is 2.56. The fourth-order valence-electron chi connectivity index (χ4n) is 1.78. The van der Waals surface area contributed by atoms with E-state index >= 15 is 0 Å².